The molecule has 0 bridgehead atoms. The molecule has 0 aliphatic heterocycles. The van der Waals surface area contributed by atoms with E-state index in [1.54, 1.807) is 24.1 Å². The molecule has 2 aromatic carbocycles. The minimum absolute atomic E-state index is 0.0524. The SMILES string of the molecule is CC[C@H](C)NC(=O)[C@H](CC)N(Cc1cccc(OC)c1)C(=O)Cc1ccc(Cl)cc1. The molecule has 30 heavy (non-hydrogen) atoms. The molecule has 2 aromatic rings. The normalized spacial score (nSPS) is 12.7. The van der Waals surface area contributed by atoms with Crippen LogP contribution in [0.15, 0.2) is 48.5 Å². The zero-order valence-corrected chi connectivity index (χ0v) is 18.9. The van der Waals surface area contributed by atoms with Gasteiger partial charge in [0.05, 0.1) is 13.5 Å². The van der Waals surface area contributed by atoms with E-state index in [1.165, 1.54) is 0 Å². The van der Waals surface area contributed by atoms with Crippen molar-refractivity contribution in [1.82, 2.24) is 10.2 Å². The summed E-state index contributed by atoms with van der Waals surface area (Å²) in [4.78, 5) is 27.9. The lowest BCUT2D eigenvalue weighted by atomic mass is 10.1. The summed E-state index contributed by atoms with van der Waals surface area (Å²) in [6, 6.07) is 14.3. The van der Waals surface area contributed by atoms with Crippen LogP contribution in [0.2, 0.25) is 5.02 Å². The summed E-state index contributed by atoms with van der Waals surface area (Å²) in [7, 11) is 1.61. The Morgan fingerprint density at radius 1 is 1.07 bits per heavy atom. The van der Waals surface area contributed by atoms with Gasteiger partial charge < -0.3 is 15.0 Å². The first kappa shape index (κ1) is 23.7. The van der Waals surface area contributed by atoms with Crippen LogP contribution in [0.1, 0.15) is 44.7 Å². The number of hydrogen-bond acceptors (Lipinski definition) is 3. The number of nitrogens with zero attached hydrogens (tertiary/aromatic N) is 1. The van der Waals surface area contributed by atoms with Crippen LogP contribution in [0.5, 0.6) is 5.75 Å². The molecule has 0 aliphatic carbocycles. The smallest absolute Gasteiger partial charge is 0.243 e. The molecule has 0 spiro atoms. The van der Waals surface area contributed by atoms with E-state index in [9.17, 15) is 9.59 Å². The van der Waals surface area contributed by atoms with Gasteiger partial charge in [-0.3, -0.25) is 9.59 Å². The first-order valence-corrected chi connectivity index (χ1v) is 10.7. The first-order chi connectivity index (χ1) is 14.4. The Labute approximate surface area is 184 Å². The Balaban J connectivity index is 2.30. The number of amides is 2. The second kappa shape index (κ2) is 11.6. The second-order valence-electron chi connectivity index (χ2n) is 7.42. The number of carbonyl (C=O) groups is 2. The molecular weight excluding hydrogens is 400 g/mol. The number of carbonyl (C=O) groups excluding carboxylic acids is 2. The fourth-order valence-electron chi connectivity index (χ4n) is 3.21. The highest BCUT2D eigenvalue weighted by Crippen LogP contribution is 2.19. The number of ether oxygens (including phenoxy) is 1. The van der Waals surface area contributed by atoms with E-state index in [1.807, 2.05) is 57.2 Å². The molecule has 0 fully saturated rings. The fourth-order valence-corrected chi connectivity index (χ4v) is 3.33. The van der Waals surface area contributed by atoms with Crippen LogP contribution in [0.4, 0.5) is 0 Å². The van der Waals surface area contributed by atoms with Crippen LogP contribution in [0.3, 0.4) is 0 Å². The third-order valence-electron chi connectivity index (χ3n) is 5.14. The van der Waals surface area contributed by atoms with Crippen molar-refractivity contribution in [3.63, 3.8) is 0 Å². The maximum atomic E-state index is 13.3. The summed E-state index contributed by atoms with van der Waals surface area (Å²) in [6.07, 6.45) is 1.56. The highest BCUT2D eigenvalue weighted by molar-refractivity contribution is 6.30. The van der Waals surface area contributed by atoms with Crippen LogP contribution in [-0.2, 0) is 22.6 Å². The van der Waals surface area contributed by atoms with Crippen LogP contribution in [0.25, 0.3) is 0 Å². The van der Waals surface area contributed by atoms with Crippen molar-refractivity contribution in [2.75, 3.05) is 7.11 Å². The van der Waals surface area contributed by atoms with Gasteiger partial charge in [0.15, 0.2) is 0 Å². The van der Waals surface area contributed by atoms with E-state index in [2.05, 4.69) is 5.32 Å². The van der Waals surface area contributed by atoms with Gasteiger partial charge >= 0.3 is 0 Å². The monoisotopic (exact) mass is 430 g/mol. The Kier molecular flexibility index (Phi) is 9.18. The second-order valence-corrected chi connectivity index (χ2v) is 7.85. The van der Waals surface area contributed by atoms with E-state index in [0.717, 1.165) is 23.3 Å². The number of benzene rings is 2. The average molecular weight is 431 g/mol. The lowest BCUT2D eigenvalue weighted by Crippen LogP contribution is -2.51. The molecule has 162 valence electrons. The van der Waals surface area contributed by atoms with Gasteiger partial charge in [0, 0.05) is 17.6 Å². The first-order valence-electron chi connectivity index (χ1n) is 10.3. The lowest BCUT2D eigenvalue weighted by Gasteiger charge is -2.31. The molecule has 2 rings (SSSR count). The molecular formula is C24H31ClN2O3. The predicted octanol–water partition coefficient (Wildman–Crippen LogP) is 4.61. The van der Waals surface area contributed by atoms with Gasteiger partial charge in [0.2, 0.25) is 11.8 Å². The van der Waals surface area contributed by atoms with E-state index in [4.69, 9.17) is 16.3 Å². The molecule has 0 saturated carbocycles. The van der Waals surface area contributed by atoms with Crippen molar-refractivity contribution in [2.24, 2.45) is 0 Å². The van der Waals surface area contributed by atoms with Crippen molar-refractivity contribution < 1.29 is 14.3 Å². The zero-order chi connectivity index (χ0) is 22.1. The van der Waals surface area contributed by atoms with E-state index >= 15 is 0 Å². The molecule has 2 atom stereocenters. The Hall–Kier alpha value is -2.53. The summed E-state index contributed by atoms with van der Waals surface area (Å²) < 4.78 is 5.31. The van der Waals surface area contributed by atoms with Gasteiger partial charge in [-0.1, -0.05) is 49.7 Å². The zero-order valence-electron chi connectivity index (χ0n) is 18.2. The molecule has 0 radical (unpaired) electrons. The average Bonchev–Trinajstić information content (AvgIpc) is 2.75. The van der Waals surface area contributed by atoms with Crippen molar-refractivity contribution >= 4 is 23.4 Å². The van der Waals surface area contributed by atoms with Crippen molar-refractivity contribution in [1.29, 1.82) is 0 Å². The maximum absolute atomic E-state index is 13.3. The third-order valence-corrected chi connectivity index (χ3v) is 5.39. The maximum Gasteiger partial charge on any atom is 0.243 e. The topological polar surface area (TPSA) is 58.6 Å². The number of methoxy groups -OCH3 is 1. The molecule has 6 heteroatoms. The summed E-state index contributed by atoms with van der Waals surface area (Å²) in [5.41, 5.74) is 1.77. The Morgan fingerprint density at radius 3 is 2.37 bits per heavy atom. The summed E-state index contributed by atoms with van der Waals surface area (Å²) in [5, 5.41) is 3.64. The standard InChI is InChI=1S/C24H31ClN2O3/c1-5-17(3)26-24(29)22(6-2)27(16-19-8-7-9-21(14-19)30-4)23(28)15-18-10-12-20(25)13-11-18/h7-14,17,22H,5-6,15-16H2,1-4H3,(H,26,29)/t17-,22-/m0/s1. The third kappa shape index (κ3) is 6.77. The van der Waals surface area contributed by atoms with Crippen LogP contribution in [0, 0.1) is 0 Å². The summed E-state index contributed by atoms with van der Waals surface area (Å²) >= 11 is 5.96. The molecule has 0 aromatic heterocycles. The largest absolute Gasteiger partial charge is 0.497 e. The summed E-state index contributed by atoms with van der Waals surface area (Å²) in [5.74, 6) is 0.486. The molecule has 5 nitrogen and oxygen atoms in total. The highest BCUT2D eigenvalue weighted by Gasteiger charge is 2.29. The van der Waals surface area contributed by atoms with E-state index in [0.29, 0.717) is 18.0 Å². The van der Waals surface area contributed by atoms with Crippen LogP contribution in [-0.4, -0.2) is 35.9 Å². The van der Waals surface area contributed by atoms with E-state index in [-0.39, 0.29) is 24.3 Å². The van der Waals surface area contributed by atoms with Crippen LogP contribution >= 0.6 is 11.6 Å². The molecule has 1 N–H and O–H groups in total. The van der Waals surface area contributed by atoms with Gasteiger partial charge in [0.1, 0.15) is 11.8 Å². The Morgan fingerprint density at radius 2 is 1.77 bits per heavy atom. The minimum atomic E-state index is -0.551. The number of halogens is 1. The van der Waals surface area contributed by atoms with Crippen molar-refractivity contribution in [3.05, 3.63) is 64.7 Å². The molecule has 2 amide bonds. The lowest BCUT2D eigenvalue weighted by molar-refractivity contribution is -0.141. The van der Waals surface area contributed by atoms with Gasteiger partial charge in [-0.05, 0) is 55.2 Å². The Bertz CT molecular complexity index is 839. The molecule has 0 unspecified atom stereocenters. The summed E-state index contributed by atoms with van der Waals surface area (Å²) in [6.45, 7) is 6.24. The number of nitrogens with one attached hydrogen (secondary N) is 1. The number of hydrogen-bond donors (Lipinski definition) is 1. The predicted molar refractivity (Wildman–Crippen MR) is 121 cm³/mol. The van der Waals surface area contributed by atoms with Crippen LogP contribution < -0.4 is 10.1 Å². The molecule has 0 aliphatic rings. The van der Waals surface area contributed by atoms with Gasteiger partial charge in [-0.2, -0.15) is 0 Å². The quantitative estimate of drug-likeness (QED) is 0.598. The van der Waals surface area contributed by atoms with Gasteiger partial charge in [0.25, 0.3) is 0 Å². The molecule has 0 saturated heterocycles. The van der Waals surface area contributed by atoms with Gasteiger partial charge in [-0.15, -0.1) is 0 Å². The highest BCUT2D eigenvalue weighted by atomic mass is 35.5. The fraction of sp³-hybridized carbons (Fsp3) is 0.417. The van der Waals surface area contributed by atoms with E-state index < -0.39 is 6.04 Å². The minimum Gasteiger partial charge on any atom is -0.497 e. The van der Waals surface area contributed by atoms with Crippen molar-refractivity contribution in [2.45, 2.75) is 58.7 Å². The van der Waals surface area contributed by atoms with Crippen molar-refractivity contribution in [3.8, 4) is 5.75 Å². The van der Waals surface area contributed by atoms with Gasteiger partial charge in [-0.25, -0.2) is 0 Å². The molecule has 0 heterocycles. The number of rotatable bonds is 10.